The summed E-state index contributed by atoms with van der Waals surface area (Å²) in [5.41, 5.74) is 0.590. The molecule has 1 saturated heterocycles. The van der Waals surface area contributed by atoms with E-state index in [2.05, 4.69) is 0 Å². The summed E-state index contributed by atoms with van der Waals surface area (Å²) in [5, 5.41) is 9.14. The number of piperidine rings is 1. The molecule has 1 aliphatic heterocycles. The SMILES string of the molecule is CCn1cc(Cl)cc1C(=O)N1CCC(OCC(=O)O)CC1. The number of ether oxygens (including phenoxy) is 1. The van der Waals surface area contributed by atoms with Gasteiger partial charge in [-0.25, -0.2) is 4.79 Å². The Hall–Kier alpha value is -1.53. The van der Waals surface area contributed by atoms with Crippen molar-refractivity contribution in [3.05, 3.63) is 23.0 Å². The molecule has 1 amide bonds. The lowest BCUT2D eigenvalue weighted by atomic mass is 10.1. The van der Waals surface area contributed by atoms with Gasteiger partial charge in [0.05, 0.1) is 11.1 Å². The molecule has 0 saturated carbocycles. The third kappa shape index (κ3) is 3.98. The zero-order chi connectivity index (χ0) is 15.4. The van der Waals surface area contributed by atoms with E-state index >= 15 is 0 Å². The average molecular weight is 315 g/mol. The lowest BCUT2D eigenvalue weighted by Crippen LogP contribution is -2.41. The number of hydrogen-bond donors (Lipinski definition) is 1. The van der Waals surface area contributed by atoms with Gasteiger partial charge in [-0.2, -0.15) is 0 Å². The molecule has 2 heterocycles. The Labute approximate surface area is 128 Å². The van der Waals surface area contributed by atoms with Crippen LogP contribution in [0.3, 0.4) is 0 Å². The van der Waals surface area contributed by atoms with Crippen molar-refractivity contribution in [3.63, 3.8) is 0 Å². The first-order valence-electron chi connectivity index (χ1n) is 6.99. The van der Waals surface area contributed by atoms with E-state index in [0.29, 0.717) is 43.2 Å². The number of carbonyl (C=O) groups excluding carboxylic acids is 1. The third-order valence-electron chi connectivity index (χ3n) is 3.59. The number of aryl methyl sites for hydroxylation is 1. The van der Waals surface area contributed by atoms with E-state index in [-0.39, 0.29) is 18.6 Å². The van der Waals surface area contributed by atoms with Crippen LogP contribution in [0.2, 0.25) is 5.02 Å². The molecule has 1 fully saturated rings. The highest BCUT2D eigenvalue weighted by molar-refractivity contribution is 6.31. The number of halogens is 1. The minimum absolute atomic E-state index is 0.0413. The second-order valence-electron chi connectivity index (χ2n) is 5.03. The molecule has 7 heteroatoms. The van der Waals surface area contributed by atoms with Crippen molar-refractivity contribution in [2.24, 2.45) is 0 Å². The quantitative estimate of drug-likeness (QED) is 0.900. The number of carboxylic acids is 1. The van der Waals surface area contributed by atoms with Gasteiger partial charge in [-0.05, 0) is 25.8 Å². The number of aliphatic carboxylic acids is 1. The first-order chi connectivity index (χ1) is 10.0. The number of hydrogen-bond acceptors (Lipinski definition) is 3. The van der Waals surface area contributed by atoms with Gasteiger partial charge in [0.2, 0.25) is 0 Å². The van der Waals surface area contributed by atoms with Gasteiger partial charge >= 0.3 is 5.97 Å². The topological polar surface area (TPSA) is 71.8 Å². The number of aromatic nitrogens is 1. The molecule has 6 nitrogen and oxygen atoms in total. The maximum absolute atomic E-state index is 12.5. The summed E-state index contributed by atoms with van der Waals surface area (Å²) in [6.07, 6.45) is 2.96. The van der Waals surface area contributed by atoms with Crippen LogP contribution in [0.1, 0.15) is 30.3 Å². The van der Waals surface area contributed by atoms with Crippen molar-refractivity contribution in [1.29, 1.82) is 0 Å². The van der Waals surface area contributed by atoms with Crippen LogP contribution in [0.25, 0.3) is 0 Å². The van der Waals surface area contributed by atoms with Gasteiger partial charge in [0.25, 0.3) is 5.91 Å². The van der Waals surface area contributed by atoms with E-state index in [1.807, 2.05) is 11.5 Å². The fourth-order valence-corrected chi connectivity index (χ4v) is 2.71. The molecule has 0 bridgehead atoms. The smallest absolute Gasteiger partial charge is 0.329 e. The van der Waals surface area contributed by atoms with Crippen molar-refractivity contribution in [1.82, 2.24) is 9.47 Å². The molecule has 0 unspecified atom stereocenters. The van der Waals surface area contributed by atoms with Gasteiger partial charge in [0.15, 0.2) is 0 Å². The van der Waals surface area contributed by atoms with E-state index in [1.165, 1.54) is 0 Å². The molecular weight excluding hydrogens is 296 g/mol. The Kier molecular flexibility index (Phi) is 5.25. The molecule has 2 rings (SSSR count). The molecule has 0 radical (unpaired) electrons. The van der Waals surface area contributed by atoms with Crippen molar-refractivity contribution in [2.45, 2.75) is 32.4 Å². The van der Waals surface area contributed by atoms with Gasteiger partial charge in [0.1, 0.15) is 12.3 Å². The summed E-state index contributed by atoms with van der Waals surface area (Å²) < 4.78 is 7.09. The normalized spacial score (nSPS) is 16.2. The molecular formula is C14H19ClN2O4. The highest BCUT2D eigenvalue weighted by atomic mass is 35.5. The fraction of sp³-hybridized carbons (Fsp3) is 0.571. The van der Waals surface area contributed by atoms with Crippen molar-refractivity contribution >= 4 is 23.5 Å². The number of nitrogens with zero attached hydrogens (tertiary/aromatic N) is 2. The standard InChI is InChI=1S/C14H19ClN2O4/c1-2-16-8-10(15)7-12(16)14(20)17-5-3-11(4-6-17)21-9-13(18)19/h7-8,11H,2-6,9H2,1H3,(H,18,19). The Balaban J connectivity index is 1.92. The van der Waals surface area contributed by atoms with Gasteiger partial charge in [-0.3, -0.25) is 4.79 Å². The highest BCUT2D eigenvalue weighted by Gasteiger charge is 2.26. The van der Waals surface area contributed by atoms with E-state index in [4.69, 9.17) is 21.4 Å². The predicted octanol–water partition coefficient (Wildman–Crippen LogP) is 1.87. The third-order valence-corrected chi connectivity index (χ3v) is 3.80. The molecule has 1 aromatic heterocycles. The van der Waals surface area contributed by atoms with Crippen LogP contribution in [0.4, 0.5) is 0 Å². The molecule has 116 valence electrons. The average Bonchev–Trinajstić information content (AvgIpc) is 2.86. The molecule has 0 aromatic carbocycles. The van der Waals surface area contributed by atoms with Crippen LogP contribution in [0.15, 0.2) is 12.3 Å². The molecule has 0 atom stereocenters. The van der Waals surface area contributed by atoms with E-state index in [0.717, 1.165) is 0 Å². The van der Waals surface area contributed by atoms with E-state index in [9.17, 15) is 9.59 Å². The summed E-state index contributed by atoms with van der Waals surface area (Å²) in [5.74, 6) is -1.01. The first kappa shape index (κ1) is 15.9. The Bertz CT molecular complexity index is 521. The Morgan fingerprint density at radius 2 is 2.10 bits per heavy atom. The summed E-state index contributed by atoms with van der Waals surface area (Å²) >= 11 is 5.95. The van der Waals surface area contributed by atoms with Gasteiger partial charge in [0, 0.05) is 25.8 Å². The zero-order valence-corrected chi connectivity index (χ0v) is 12.7. The van der Waals surface area contributed by atoms with Crippen LogP contribution in [-0.2, 0) is 16.1 Å². The van der Waals surface area contributed by atoms with Crippen LogP contribution < -0.4 is 0 Å². The molecule has 0 spiro atoms. The number of likely N-dealkylation sites (tertiary alicyclic amines) is 1. The Morgan fingerprint density at radius 3 is 2.67 bits per heavy atom. The number of carbonyl (C=O) groups is 2. The van der Waals surface area contributed by atoms with E-state index in [1.54, 1.807) is 17.2 Å². The second kappa shape index (κ2) is 6.95. The first-order valence-corrected chi connectivity index (χ1v) is 7.37. The summed E-state index contributed by atoms with van der Waals surface area (Å²) in [6, 6.07) is 1.68. The summed E-state index contributed by atoms with van der Waals surface area (Å²) in [4.78, 5) is 24.7. The van der Waals surface area contributed by atoms with Crippen molar-refractivity contribution in [3.8, 4) is 0 Å². The van der Waals surface area contributed by atoms with Crippen LogP contribution in [0, 0.1) is 0 Å². The molecule has 1 N–H and O–H groups in total. The maximum Gasteiger partial charge on any atom is 0.329 e. The fourth-order valence-electron chi connectivity index (χ4n) is 2.49. The highest BCUT2D eigenvalue weighted by Crippen LogP contribution is 2.20. The van der Waals surface area contributed by atoms with E-state index < -0.39 is 5.97 Å². The van der Waals surface area contributed by atoms with Gasteiger partial charge in [-0.1, -0.05) is 11.6 Å². The number of carboxylic acid groups (broad SMARTS) is 1. The molecule has 0 aliphatic carbocycles. The minimum atomic E-state index is -0.969. The minimum Gasteiger partial charge on any atom is -0.480 e. The zero-order valence-electron chi connectivity index (χ0n) is 11.9. The molecule has 21 heavy (non-hydrogen) atoms. The van der Waals surface area contributed by atoms with Gasteiger partial charge in [-0.15, -0.1) is 0 Å². The molecule has 1 aromatic rings. The van der Waals surface area contributed by atoms with Crippen LogP contribution in [0.5, 0.6) is 0 Å². The Morgan fingerprint density at radius 1 is 1.43 bits per heavy atom. The number of rotatable bonds is 5. The predicted molar refractivity (Wildman–Crippen MR) is 77.6 cm³/mol. The monoisotopic (exact) mass is 314 g/mol. The lowest BCUT2D eigenvalue weighted by Gasteiger charge is -2.31. The van der Waals surface area contributed by atoms with Crippen LogP contribution >= 0.6 is 11.6 Å². The maximum atomic E-state index is 12.5. The van der Waals surface area contributed by atoms with Crippen LogP contribution in [-0.4, -0.2) is 52.3 Å². The summed E-state index contributed by atoms with van der Waals surface area (Å²) in [7, 11) is 0. The number of amides is 1. The van der Waals surface area contributed by atoms with Crippen molar-refractivity contribution in [2.75, 3.05) is 19.7 Å². The summed E-state index contributed by atoms with van der Waals surface area (Å²) in [6.45, 7) is 3.49. The second-order valence-corrected chi connectivity index (χ2v) is 5.46. The lowest BCUT2D eigenvalue weighted by molar-refractivity contribution is -0.145. The van der Waals surface area contributed by atoms with Gasteiger partial charge < -0.3 is 19.3 Å². The largest absolute Gasteiger partial charge is 0.480 e. The van der Waals surface area contributed by atoms with Crippen molar-refractivity contribution < 1.29 is 19.4 Å². The molecule has 1 aliphatic rings.